The van der Waals surface area contributed by atoms with Crippen LogP contribution in [0.25, 0.3) is 11.3 Å². The molecule has 2 aromatic heterocycles. The zero-order valence-electron chi connectivity index (χ0n) is 15.6. The van der Waals surface area contributed by atoms with Gasteiger partial charge in [-0.3, -0.25) is 10.1 Å². The van der Waals surface area contributed by atoms with Crippen molar-refractivity contribution in [2.75, 3.05) is 17.7 Å². The molecule has 2 heterocycles. The van der Waals surface area contributed by atoms with E-state index in [4.69, 9.17) is 9.26 Å². The molecule has 0 aliphatic rings. The molecule has 3 aromatic rings. The third-order valence-electron chi connectivity index (χ3n) is 3.71. The number of ether oxygens (including phenoxy) is 1. The van der Waals surface area contributed by atoms with Gasteiger partial charge < -0.3 is 19.9 Å². The van der Waals surface area contributed by atoms with Gasteiger partial charge in [0.1, 0.15) is 17.0 Å². The zero-order chi connectivity index (χ0) is 20.1. The van der Waals surface area contributed by atoms with Gasteiger partial charge in [0.05, 0.1) is 7.11 Å². The molecule has 9 heteroatoms. The van der Waals surface area contributed by atoms with Crippen molar-refractivity contribution in [1.82, 2.24) is 10.5 Å². The van der Waals surface area contributed by atoms with Crippen LogP contribution in [0.3, 0.4) is 0 Å². The van der Waals surface area contributed by atoms with Crippen molar-refractivity contribution in [3.8, 4) is 17.0 Å². The summed E-state index contributed by atoms with van der Waals surface area (Å²) in [6.07, 6.45) is 0. The van der Waals surface area contributed by atoms with Crippen LogP contribution in [-0.4, -0.2) is 30.2 Å². The Labute approximate surface area is 165 Å². The third kappa shape index (κ3) is 4.49. The van der Waals surface area contributed by atoms with Crippen molar-refractivity contribution < 1.29 is 18.8 Å². The van der Waals surface area contributed by atoms with E-state index in [1.54, 1.807) is 31.4 Å². The van der Waals surface area contributed by atoms with Gasteiger partial charge in [-0.25, -0.2) is 4.79 Å². The Balaban J connectivity index is 1.90. The van der Waals surface area contributed by atoms with Crippen LogP contribution in [-0.2, 0) is 0 Å². The van der Waals surface area contributed by atoms with Crippen molar-refractivity contribution >= 4 is 34.8 Å². The largest absolute Gasteiger partial charge is 0.497 e. The summed E-state index contributed by atoms with van der Waals surface area (Å²) in [5.74, 6) is 0.201. The fourth-order valence-corrected chi connectivity index (χ4v) is 3.09. The van der Waals surface area contributed by atoms with Gasteiger partial charge in [0.2, 0.25) is 5.88 Å². The Morgan fingerprint density at radius 2 is 1.89 bits per heavy atom. The number of amides is 3. The lowest BCUT2D eigenvalue weighted by atomic mass is 10.1. The molecular weight excluding hydrogens is 380 g/mol. The first-order valence-corrected chi connectivity index (χ1v) is 9.47. The monoisotopic (exact) mass is 400 g/mol. The Hall–Kier alpha value is -3.33. The molecule has 0 fully saturated rings. The number of nitrogens with one attached hydrogen (secondary N) is 3. The smallest absolute Gasteiger partial charge is 0.321 e. The summed E-state index contributed by atoms with van der Waals surface area (Å²) in [4.78, 5) is 25.0. The minimum atomic E-state index is -0.485. The molecule has 3 amide bonds. The average Bonchev–Trinajstić information content (AvgIpc) is 3.31. The van der Waals surface area contributed by atoms with Gasteiger partial charge in [0, 0.05) is 22.7 Å². The molecule has 0 unspecified atom stereocenters. The van der Waals surface area contributed by atoms with E-state index in [2.05, 4.69) is 21.1 Å². The van der Waals surface area contributed by atoms with E-state index < -0.39 is 11.9 Å². The predicted octanol–water partition coefficient (Wildman–Crippen LogP) is 4.19. The van der Waals surface area contributed by atoms with Crippen LogP contribution in [0.4, 0.5) is 16.4 Å². The molecule has 8 nitrogen and oxygen atoms in total. The highest BCUT2D eigenvalue weighted by Gasteiger charge is 2.26. The first-order valence-electron chi connectivity index (χ1n) is 8.53. The molecule has 0 spiro atoms. The number of methoxy groups -OCH3 is 1. The van der Waals surface area contributed by atoms with Crippen molar-refractivity contribution in [3.05, 3.63) is 46.7 Å². The molecule has 3 rings (SSSR count). The number of aromatic nitrogens is 1. The van der Waals surface area contributed by atoms with Crippen LogP contribution >= 0.6 is 11.3 Å². The number of anilines is 2. The Morgan fingerprint density at radius 1 is 1.14 bits per heavy atom. The molecule has 0 bridgehead atoms. The highest BCUT2D eigenvalue weighted by Crippen LogP contribution is 2.31. The number of urea groups is 1. The van der Waals surface area contributed by atoms with Crippen molar-refractivity contribution in [2.45, 2.75) is 19.9 Å². The van der Waals surface area contributed by atoms with E-state index in [1.807, 2.05) is 30.7 Å². The number of hydrogen-bond donors (Lipinski definition) is 3. The number of thiophene rings is 1. The second-order valence-corrected chi connectivity index (χ2v) is 6.96. The summed E-state index contributed by atoms with van der Waals surface area (Å²) < 4.78 is 10.4. The number of benzene rings is 1. The zero-order valence-corrected chi connectivity index (χ0v) is 16.4. The number of nitrogens with zero attached hydrogens (tertiary/aromatic N) is 1. The summed E-state index contributed by atoms with van der Waals surface area (Å²) in [6, 6.07) is 8.17. The number of carbonyl (C=O) groups is 2. The number of rotatable bonds is 6. The molecule has 0 saturated carbocycles. The van der Waals surface area contributed by atoms with Crippen LogP contribution in [0, 0.1) is 0 Å². The molecular formula is C19H20N4O4S. The second-order valence-electron chi connectivity index (χ2n) is 6.18. The molecule has 1 aromatic carbocycles. The number of carbonyl (C=O) groups excluding carboxylic acids is 2. The van der Waals surface area contributed by atoms with E-state index >= 15 is 0 Å². The maximum absolute atomic E-state index is 13.0. The van der Waals surface area contributed by atoms with E-state index in [9.17, 15) is 9.59 Å². The minimum absolute atomic E-state index is 0.0228. The van der Waals surface area contributed by atoms with Crippen LogP contribution in [0.2, 0.25) is 0 Å². The normalized spacial score (nSPS) is 10.6. The molecule has 0 saturated heterocycles. The van der Waals surface area contributed by atoms with Gasteiger partial charge in [-0.15, -0.1) is 0 Å². The first-order chi connectivity index (χ1) is 13.5. The summed E-state index contributed by atoms with van der Waals surface area (Å²) in [7, 11) is 1.57. The SMILES string of the molecule is COc1ccc(NC(=O)c2c(-c3ccsc3)noc2NC(=O)NC(C)C)cc1. The fraction of sp³-hybridized carbons (Fsp3) is 0.211. The van der Waals surface area contributed by atoms with Gasteiger partial charge in [-0.05, 0) is 49.6 Å². The van der Waals surface area contributed by atoms with Gasteiger partial charge in [-0.2, -0.15) is 11.3 Å². The summed E-state index contributed by atoms with van der Waals surface area (Å²) >= 11 is 1.47. The topological polar surface area (TPSA) is 105 Å². The van der Waals surface area contributed by atoms with E-state index in [0.717, 1.165) is 5.56 Å². The molecule has 0 atom stereocenters. The highest BCUT2D eigenvalue weighted by atomic mass is 32.1. The molecule has 0 aliphatic heterocycles. The molecule has 28 heavy (non-hydrogen) atoms. The van der Waals surface area contributed by atoms with Crippen LogP contribution in [0.15, 0.2) is 45.6 Å². The molecule has 0 aliphatic carbocycles. The predicted molar refractivity (Wildman–Crippen MR) is 108 cm³/mol. The molecule has 146 valence electrons. The van der Waals surface area contributed by atoms with E-state index in [1.165, 1.54) is 11.3 Å². The van der Waals surface area contributed by atoms with Gasteiger partial charge in [0.25, 0.3) is 5.91 Å². The van der Waals surface area contributed by atoms with Crippen LogP contribution < -0.4 is 20.7 Å². The summed E-state index contributed by atoms with van der Waals surface area (Å²) in [5, 5.41) is 15.7. The van der Waals surface area contributed by atoms with Crippen molar-refractivity contribution in [2.24, 2.45) is 0 Å². The van der Waals surface area contributed by atoms with Crippen LogP contribution in [0.5, 0.6) is 5.75 Å². The Morgan fingerprint density at radius 3 is 2.50 bits per heavy atom. The Kier molecular flexibility index (Phi) is 5.95. The first kappa shape index (κ1) is 19.4. The lowest BCUT2D eigenvalue weighted by molar-refractivity contribution is 0.102. The minimum Gasteiger partial charge on any atom is -0.497 e. The number of hydrogen-bond acceptors (Lipinski definition) is 6. The third-order valence-corrected chi connectivity index (χ3v) is 4.39. The summed E-state index contributed by atoms with van der Waals surface area (Å²) in [5.41, 5.74) is 1.80. The van der Waals surface area contributed by atoms with E-state index in [0.29, 0.717) is 17.1 Å². The van der Waals surface area contributed by atoms with Crippen molar-refractivity contribution in [1.29, 1.82) is 0 Å². The Bertz CT molecular complexity index is 949. The molecule has 3 N–H and O–H groups in total. The standard InChI is InChI=1S/C19H20N4O4S/c1-11(2)20-19(25)22-18-15(16(23-27-18)12-8-9-28-10-12)17(24)21-13-4-6-14(26-3)7-5-13/h4-11H,1-3H3,(H,21,24)(H2,20,22,25). The highest BCUT2D eigenvalue weighted by molar-refractivity contribution is 7.08. The maximum Gasteiger partial charge on any atom is 0.321 e. The van der Waals surface area contributed by atoms with Gasteiger partial charge in [0.15, 0.2) is 0 Å². The van der Waals surface area contributed by atoms with Gasteiger partial charge >= 0.3 is 6.03 Å². The maximum atomic E-state index is 13.0. The fourth-order valence-electron chi connectivity index (χ4n) is 2.45. The summed E-state index contributed by atoms with van der Waals surface area (Å²) in [6.45, 7) is 3.65. The van der Waals surface area contributed by atoms with E-state index in [-0.39, 0.29) is 17.5 Å². The van der Waals surface area contributed by atoms with Crippen molar-refractivity contribution in [3.63, 3.8) is 0 Å². The second kappa shape index (κ2) is 8.57. The lowest BCUT2D eigenvalue weighted by Gasteiger charge is -2.10. The van der Waals surface area contributed by atoms with Crippen LogP contribution in [0.1, 0.15) is 24.2 Å². The quantitative estimate of drug-likeness (QED) is 0.575. The average molecular weight is 400 g/mol. The van der Waals surface area contributed by atoms with Gasteiger partial charge in [-0.1, -0.05) is 5.16 Å². The molecule has 0 radical (unpaired) electrons. The lowest BCUT2D eigenvalue weighted by Crippen LogP contribution is -2.34.